The lowest BCUT2D eigenvalue weighted by Crippen LogP contribution is -2.31. The Balaban J connectivity index is 1.96. The van der Waals surface area contributed by atoms with Gasteiger partial charge in [0.25, 0.3) is 5.69 Å². The number of rotatable bonds is 9. The van der Waals surface area contributed by atoms with Gasteiger partial charge in [0, 0.05) is 5.41 Å². The maximum Gasteiger partial charge on any atom is 0.296 e. The summed E-state index contributed by atoms with van der Waals surface area (Å²) in [6, 6.07) is 10.4. The number of amides is 1. The molecular weight excluding hydrogens is 372 g/mol. The Hall–Kier alpha value is -3.09. The highest BCUT2D eigenvalue weighted by Crippen LogP contribution is 2.32. The molecule has 2 rings (SSSR count). The van der Waals surface area contributed by atoms with Gasteiger partial charge in [-0.15, -0.1) is 0 Å². The van der Waals surface area contributed by atoms with Gasteiger partial charge in [-0.25, -0.2) is 0 Å². The van der Waals surface area contributed by atoms with Crippen molar-refractivity contribution in [3.05, 3.63) is 57.6 Å². The molecule has 0 aliphatic rings. The van der Waals surface area contributed by atoms with Gasteiger partial charge < -0.3 is 14.8 Å². The summed E-state index contributed by atoms with van der Waals surface area (Å²) in [6.07, 6.45) is 1.26. The van der Waals surface area contributed by atoms with Gasteiger partial charge in [-0.2, -0.15) is 0 Å². The summed E-state index contributed by atoms with van der Waals surface area (Å²) in [5, 5.41) is 14.0. The fourth-order valence-electron chi connectivity index (χ4n) is 2.86. The van der Waals surface area contributed by atoms with Gasteiger partial charge in [-0.1, -0.05) is 26.0 Å². The van der Waals surface area contributed by atoms with Crippen molar-refractivity contribution in [3.63, 3.8) is 0 Å². The lowest BCUT2D eigenvalue weighted by molar-refractivity contribution is -0.384. The largest absolute Gasteiger partial charge is 0.496 e. The summed E-state index contributed by atoms with van der Waals surface area (Å²) >= 11 is 0. The van der Waals surface area contributed by atoms with E-state index in [1.165, 1.54) is 19.2 Å². The van der Waals surface area contributed by atoms with Crippen LogP contribution in [0.2, 0.25) is 0 Å². The molecule has 1 N–H and O–H groups in total. The Morgan fingerprint density at radius 3 is 2.55 bits per heavy atom. The highest BCUT2D eigenvalue weighted by atomic mass is 16.6. The molecule has 2 aromatic carbocycles. The SMILES string of the molecule is COc1ccc(NC(=O)C(C)(C)CCCOc2cc(C)ccc2C)c([N+](=O)[O-])c1. The molecule has 0 atom stereocenters. The van der Waals surface area contributed by atoms with Crippen LogP contribution in [0.25, 0.3) is 0 Å². The van der Waals surface area contributed by atoms with Gasteiger partial charge >= 0.3 is 0 Å². The number of nitro benzene ring substituents is 1. The number of hydrogen-bond donors (Lipinski definition) is 1. The van der Waals surface area contributed by atoms with Crippen LogP contribution in [0.1, 0.15) is 37.8 Å². The van der Waals surface area contributed by atoms with Gasteiger partial charge in [0.1, 0.15) is 17.2 Å². The Bertz CT molecular complexity index is 893. The third-order valence-electron chi connectivity index (χ3n) is 4.81. The summed E-state index contributed by atoms with van der Waals surface area (Å²) in [6.45, 7) is 8.13. The van der Waals surface area contributed by atoms with E-state index in [4.69, 9.17) is 9.47 Å². The van der Waals surface area contributed by atoms with E-state index in [2.05, 4.69) is 5.32 Å². The van der Waals surface area contributed by atoms with Crippen molar-refractivity contribution in [3.8, 4) is 11.5 Å². The summed E-state index contributed by atoms with van der Waals surface area (Å²) in [7, 11) is 1.43. The van der Waals surface area contributed by atoms with Gasteiger partial charge in [-0.3, -0.25) is 14.9 Å². The van der Waals surface area contributed by atoms with E-state index in [0.717, 1.165) is 16.9 Å². The number of nitrogens with one attached hydrogen (secondary N) is 1. The minimum absolute atomic E-state index is 0.153. The van der Waals surface area contributed by atoms with Crippen LogP contribution in [0.4, 0.5) is 11.4 Å². The van der Waals surface area contributed by atoms with Gasteiger partial charge in [-0.05, 0) is 56.0 Å². The molecule has 7 nitrogen and oxygen atoms in total. The fourth-order valence-corrected chi connectivity index (χ4v) is 2.86. The number of carbonyl (C=O) groups is 1. The zero-order chi connectivity index (χ0) is 21.6. The Kier molecular flexibility index (Phi) is 7.20. The first kappa shape index (κ1) is 22.2. The zero-order valence-corrected chi connectivity index (χ0v) is 17.6. The van der Waals surface area contributed by atoms with E-state index >= 15 is 0 Å². The van der Waals surface area contributed by atoms with Crippen LogP contribution >= 0.6 is 0 Å². The number of anilines is 1. The van der Waals surface area contributed by atoms with Crippen molar-refractivity contribution in [2.75, 3.05) is 19.0 Å². The topological polar surface area (TPSA) is 90.7 Å². The Morgan fingerprint density at radius 2 is 1.90 bits per heavy atom. The predicted molar refractivity (Wildman–Crippen MR) is 113 cm³/mol. The van der Waals surface area contributed by atoms with Crippen LogP contribution in [0, 0.1) is 29.4 Å². The van der Waals surface area contributed by atoms with E-state index in [1.54, 1.807) is 6.07 Å². The summed E-state index contributed by atoms with van der Waals surface area (Å²) in [4.78, 5) is 23.5. The molecule has 0 spiro atoms. The molecule has 0 bridgehead atoms. The van der Waals surface area contributed by atoms with E-state index in [-0.39, 0.29) is 17.3 Å². The number of nitro groups is 1. The van der Waals surface area contributed by atoms with Crippen molar-refractivity contribution >= 4 is 17.3 Å². The average molecular weight is 400 g/mol. The van der Waals surface area contributed by atoms with E-state index in [0.29, 0.717) is 25.2 Å². The van der Waals surface area contributed by atoms with Crippen molar-refractivity contribution in [1.82, 2.24) is 0 Å². The number of aryl methyl sites for hydroxylation is 2. The molecule has 0 aliphatic heterocycles. The quantitative estimate of drug-likeness (QED) is 0.362. The molecule has 7 heteroatoms. The average Bonchev–Trinajstić information content (AvgIpc) is 2.67. The first-order valence-corrected chi connectivity index (χ1v) is 9.48. The Labute approximate surface area is 171 Å². The number of carbonyl (C=O) groups excluding carboxylic acids is 1. The molecule has 0 saturated carbocycles. The molecule has 0 aromatic heterocycles. The molecule has 0 fully saturated rings. The minimum Gasteiger partial charge on any atom is -0.496 e. The summed E-state index contributed by atoms with van der Waals surface area (Å²) < 4.78 is 10.9. The second-order valence-corrected chi connectivity index (χ2v) is 7.70. The standard InChI is InChI=1S/C22H28N2O5/c1-15-7-8-16(2)20(13-15)29-12-6-11-22(3,4)21(25)23-18-10-9-17(28-5)14-19(18)24(26)27/h7-10,13-14H,6,11-12H2,1-5H3,(H,23,25). The number of hydrogen-bond acceptors (Lipinski definition) is 5. The first-order chi connectivity index (χ1) is 13.6. The van der Waals surface area contributed by atoms with Crippen LogP contribution in [0.5, 0.6) is 11.5 Å². The second kappa shape index (κ2) is 9.41. The fraction of sp³-hybridized carbons (Fsp3) is 0.409. The molecule has 0 unspecified atom stereocenters. The number of nitrogens with zero attached hydrogens (tertiary/aromatic N) is 1. The molecular formula is C22H28N2O5. The molecule has 0 saturated heterocycles. The van der Waals surface area contributed by atoms with Crippen molar-refractivity contribution in [2.45, 2.75) is 40.5 Å². The van der Waals surface area contributed by atoms with Gasteiger partial charge in [0.15, 0.2) is 0 Å². The molecule has 0 aliphatic carbocycles. The minimum atomic E-state index is -0.710. The van der Waals surface area contributed by atoms with Crippen LogP contribution in [0.15, 0.2) is 36.4 Å². The highest BCUT2D eigenvalue weighted by Gasteiger charge is 2.29. The van der Waals surface area contributed by atoms with Crippen LogP contribution < -0.4 is 14.8 Å². The van der Waals surface area contributed by atoms with Crippen molar-refractivity contribution in [2.24, 2.45) is 5.41 Å². The maximum atomic E-state index is 12.7. The van der Waals surface area contributed by atoms with Gasteiger partial charge in [0.05, 0.1) is 24.7 Å². The normalized spacial score (nSPS) is 11.1. The highest BCUT2D eigenvalue weighted by molar-refractivity contribution is 5.96. The molecule has 29 heavy (non-hydrogen) atoms. The van der Waals surface area contributed by atoms with Gasteiger partial charge in [0.2, 0.25) is 5.91 Å². The molecule has 2 aromatic rings. The Morgan fingerprint density at radius 1 is 1.17 bits per heavy atom. The van der Waals surface area contributed by atoms with Crippen LogP contribution in [-0.4, -0.2) is 24.5 Å². The second-order valence-electron chi connectivity index (χ2n) is 7.70. The van der Waals surface area contributed by atoms with E-state index in [1.807, 2.05) is 45.9 Å². The summed E-state index contributed by atoms with van der Waals surface area (Å²) in [5.41, 5.74) is 1.44. The number of ether oxygens (including phenoxy) is 2. The smallest absolute Gasteiger partial charge is 0.296 e. The molecule has 1 amide bonds. The van der Waals surface area contributed by atoms with Crippen LogP contribution in [0.3, 0.4) is 0 Å². The van der Waals surface area contributed by atoms with Crippen molar-refractivity contribution in [1.29, 1.82) is 0 Å². The molecule has 0 heterocycles. The maximum absolute atomic E-state index is 12.7. The molecule has 0 radical (unpaired) electrons. The zero-order valence-electron chi connectivity index (χ0n) is 17.6. The van der Waals surface area contributed by atoms with Crippen LogP contribution in [-0.2, 0) is 4.79 Å². The predicted octanol–water partition coefficient (Wildman–Crippen LogP) is 5.04. The number of benzene rings is 2. The lowest BCUT2D eigenvalue weighted by Gasteiger charge is -2.23. The van der Waals surface area contributed by atoms with Crippen molar-refractivity contribution < 1.29 is 19.2 Å². The monoisotopic (exact) mass is 400 g/mol. The third-order valence-corrected chi connectivity index (χ3v) is 4.81. The van der Waals surface area contributed by atoms with E-state index in [9.17, 15) is 14.9 Å². The van der Waals surface area contributed by atoms with E-state index < -0.39 is 10.3 Å². The summed E-state index contributed by atoms with van der Waals surface area (Å²) in [5.74, 6) is 0.927. The lowest BCUT2D eigenvalue weighted by atomic mass is 9.86. The molecule has 156 valence electrons. The first-order valence-electron chi connectivity index (χ1n) is 9.48. The third kappa shape index (κ3) is 5.94. The number of methoxy groups -OCH3 is 1.